The van der Waals surface area contributed by atoms with Crippen LogP contribution in [0.25, 0.3) is 0 Å². The molecule has 0 saturated heterocycles. The molecule has 0 spiro atoms. The van der Waals surface area contributed by atoms with Crippen molar-refractivity contribution in [3.05, 3.63) is 76.9 Å². The number of aliphatic hydroxyl groups is 1. The first-order valence-corrected chi connectivity index (χ1v) is 12.8. The highest BCUT2D eigenvalue weighted by molar-refractivity contribution is 5.45. The Kier molecular flexibility index (Phi) is 6.87. The predicted octanol–water partition coefficient (Wildman–Crippen LogP) is 4.69. The fourth-order valence-corrected chi connectivity index (χ4v) is 6.22. The van der Waals surface area contributed by atoms with Gasteiger partial charge in [0.05, 0.1) is 6.54 Å². The van der Waals surface area contributed by atoms with Crippen molar-refractivity contribution >= 4 is 0 Å². The average molecular weight is 486 g/mol. The third kappa shape index (κ3) is 5.04. The second-order valence-corrected chi connectivity index (χ2v) is 10.6. The molecule has 0 aliphatic heterocycles. The van der Waals surface area contributed by atoms with Gasteiger partial charge in [-0.1, -0.05) is 47.5 Å². The Morgan fingerprint density at radius 1 is 1.17 bits per heavy atom. The van der Waals surface area contributed by atoms with Crippen molar-refractivity contribution < 1.29 is 14.4 Å². The predicted molar refractivity (Wildman–Crippen MR) is 138 cm³/mol. The zero-order valence-electron chi connectivity index (χ0n) is 21.5. The summed E-state index contributed by atoms with van der Waals surface area (Å²) in [6, 6.07) is 17.3. The molecular formula is C30H35N3O3. The van der Waals surface area contributed by atoms with Gasteiger partial charge in [-0.3, -0.25) is 0 Å². The van der Waals surface area contributed by atoms with Gasteiger partial charge in [0.2, 0.25) is 11.7 Å². The van der Waals surface area contributed by atoms with Crippen LogP contribution in [0.15, 0.2) is 53.1 Å². The molecule has 6 nitrogen and oxygen atoms in total. The molecule has 3 atom stereocenters. The molecule has 188 valence electrons. The second-order valence-electron chi connectivity index (χ2n) is 10.6. The fraction of sp³-hybridized carbons (Fsp3) is 0.467. The summed E-state index contributed by atoms with van der Waals surface area (Å²) in [7, 11) is 3.93. The minimum atomic E-state index is -0.879. The zero-order chi connectivity index (χ0) is 25.2. The van der Waals surface area contributed by atoms with Crippen molar-refractivity contribution in [2.75, 3.05) is 14.1 Å². The van der Waals surface area contributed by atoms with Gasteiger partial charge in [-0.15, -0.1) is 5.92 Å². The number of fused-ring (bicyclic) bond motifs is 3. The Balaban J connectivity index is 1.40. The number of aryl methyl sites for hydroxylation is 1. The smallest absolute Gasteiger partial charge is 0.240 e. The van der Waals surface area contributed by atoms with E-state index in [1.807, 2.05) is 25.9 Å². The average Bonchev–Trinajstić information content (AvgIpc) is 3.30. The number of benzene rings is 2. The molecule has 0 radical (unpaired) electrons. The van der Waals surface area contributed by atoms with E-state index in [9.17, 15) is 5.11 Å². The molecule has 5 rings (SSSR count). The van der Waals surface area contributed by atoms with Gasteiger partial charge in [0.1, 0.15) is 11.4 Å². The van der Waals surface area contributed by atoms with Crippen molar-refractivity contribution in [3.63, 3.8) is 0 Å². The van der Waals surface area contributed by atoms with Crippen LogP contribution >= 0.6 is 0 Å². The largest absolute Gasteiger partial charge is 0.485 e. The minimum Gasteiger partial charge on any atom is -0.485 e. The lowest BCUT2D eigenvalue weighted by Crippen LogP contribution is -2.50. The van der Waals surface area contributed by atoms with Gasteiger partial charge >= 0.3 is 0 Å². The van der Waals surface area contributed by atoms with Crippen LogP contribution in [-0.4, -0.2) is 39.8 Å². The number of nitrogens with zero attached hydrogens (tertiary/aromatic N) is 3. The summed E-state index contributed by atoms with van der Waals surface area (Å²) in [4.78, 5) is 6.40. The van der Waals surface area contributed by atoms with E-state index in [-0.39, 0.29) is 12.0 Å². The lowest BCUT2D eigenvalue weighted by molar-refractivity contribution is -0.00805. The molecule has 3 aromatic rings. The fourth-order valence-electron chi connectivity index (χ4n) is 6.22. The van der Waals surface area contributed by atoms with Crippen LogP contribution < -0.4 is 4.74 Å². The Morgan fingerprint density at radius 3 is 2.78 bits per heavy atom. The van der Waals surface area contributed by atoms with E-state index in [0.29, 0.717) is 30.6 Å². The van der Waals surface area contributed by atoms with Gasteiger partial charge in [0.25, 0.3) is 0 Å². The molecule has 0 bridgehead atoms. The number of hydrogen-bond acceptors (Lipinski definition) is 6. The van der Waals surface area contributed by atoms with E-state index < -0.39 is 5.60 Å². The number of hydrogen-bond donors (Lipinski definition) is 1. The van der Waals surface area contributed by atoms with Crippen LogP contribution in [0, 0.1) is 17.8 Å². The molecule has 36 heavy (non-hydrogen) atoms. The van der Waals surface area contributed by atoms with E-state index in [4.69, 9.17) is 9.26 Å². The van der Waals surface area contributed by atoms with Crippen molar-refractivity contribution in [1.82, 2.24) is 15.0 Å². The van der Waals surface area contributed by atoms with Crippen LogP contribution in [-0.2, 0) is 31.4 Å². The SMILES string of the molecule is CC#C[C@@]1(O)CC[C@@]2(Cc3ccccc3)c3ccc(OCc4noc(CN(C)C)n4)cc3CC[C@@H]2C1. The Morgan fingerprint density at radius 2 is 2.00 bits per heavy atom. The summed E-state index contributed by atoms with van der Waals surface area (Å²) in [5, 5.41) is 15.2. The van der Waals surface area contributed by atoms with Gasteiger partial charge in [-0.25, -0.2) is 0 Å². The van der Waals surface area contributed by atoms with E-state index in [2.05, 4.69) is 70.5 Å². The maximum Gasteiger partial charge on any atom is 0.240 e. The van der Waals surface area contributed by atoms with Crippen LogP contribution in [0.3, 0.4) is 0 Å². The maximum absolute atomic E-state index is 11.2. The van der Waals surface area contributed by atoms with E-state index in [0.717, 1.165) is 37.9 Å². The first kappa shape index (κ1) is 24.5. The maximum atomic E-state index is 11.2. The van der Waals surface area contributed by atoms with Gasteiger partial charge in [-0.05, 0) is 94.3 Å². The topological polar surface area (TPSA) is 71.6 Å². The molecule has 0 amide bonds. The van der Waals surface area contributed by atoms with Crippen molar-refractivity contribution in [2.24, 2.45) is 5.92 Å². The van der Waals surface area contributed by atoms with E-state index >= 15 is 0 Å². The Labute approximate surface area is 213 Å². The first-order chi connectivity index (χ1) is 17.4. The molecule has 2 aromatic carbocycles. The van der Waals surface area contributed by atoms with Gasteiger partial charge in [-0.2, -0.15) is 4.98 Å². The van der Waals surface area contributed by atoms with E-state index in [1.54, 1.807) is 0 Å². The highest BCUT2D eigenvalue weighted by Crippen LogP contribution is 2.54. The standard InChI is InChI=1S/C30H35N3O3/c1-4-14-29(34)15-16-30(18-22-8-6-5-7-9-22)24(19-29)11-10-23-17-25(12-13-26(23)30)35-21-27-31-28(36-32-27)20-33(2)3/h5-9,12-13,17,24,34H,10-11,15-16,18-21H2,1-3H3/t24-,29-,30+/m1/s1. The molecule has 2 aliphatic rings. The highest BCUT2D eigenvalue weighted by Gasteiger charge is 2.51. The minimum absolute atomic E-state index is 0.0101. The van der Waals surface area contributed by atoms with E-state index in [1.165, 1.54) is 16.7 Å². The number of rotatable bonds is 7. The number of aromatic nitrogens is 2. The van der Waals surface area contributed by atoms with Crippen LogP contribution in [0.5, 0.6) is 5.75 Å². The van der Waals surface area contributed by atoms with Crippen molar-refractivity contribution in [1.29, 1.82) is 0 Å². The Bertz CT molecular complexity index is 1260. The van der Waals surface area contributed by atoms with Gasteiger partial charge < -0.3 is 19.3 Å². The quantitative estimate of drug-likeness (QED) is 0.490. The molecule has 1 aromatic heterocycles. The normalized spacial score (nSPS) is 25.0. The monoisotopic (exact) mass is 485 g/mol. The lowest BCUT2D eigenvalue weighted by Gasteiger charge is -2.52. The lowest BCUT2D eigenvalue weighted by atomic mass is 9.52. The van der Waals surface area contributed by atoms with Crippen LogP contribution in [0.4, 0.5) is 0 Å². The summed E-state index contributed by atoms with van der Waals surface area (Å²) in [6.45, 7) is 2.70. The molecule has 6 heteroatoms. The molecule has 0 unspecified atom stereocenters. The highest BCUT2D eigenvalue weighted by atomic mass is 16.5. The number of ether oxygens (including phenoxy) is 1. The third-order valence-corrected chi connectivity index (χ3v) is 7.78. The molecule has 1 fully saturated rings. The van der Waals surface area contributed by atoms with Crippen LogP contribution in [0.1, 0.15) is 61.0 Å². The summed E-state index contributed by atoms with van der Waals surface area (Å²) in [6.07, 6.45) is 5.32. The second kappa shape index (κ2) is 10.1. The van der Waals surface area contributed by atoms with Gasteiger partial charge in [0, 0.05) is 5.41 Å². The molecule has 1 saturated carbocycles. The molecular weight excluding hydrogens is 450 g/mol. The zero-order valence-corrected chi connectivity index (χ0v) is 21.5. The Hall–Kier alpha value is -3.14. The van der Waals surface area contributed by atoms with Crippen molar-refractivity contribution in [2.45, 2.75) is 69.6 Å². The summed E-state index contributed by atoms with van der Waals surface area (Å²) < 4.78 is 11.4. The summed E-state index contributed by atoms with van der Waals surface area (Å²) >= 11 is 0. The van der Waals surface area contributed by atoms with Crippen molar-refractivity contribution in [3.8, 4) is 17.6 Å². The molecule has 1 heterocycles. The van der Waals surface area contributed by atoms with Gasteiger partial charge in [0.15, 0.2) is 6.61 Å². The third-order valence-electron chi connectivity index (χ3n) is 7.78. The molecule has 1 N–H and O–H groups in total. The summed E-state index contributed by atoms with van der Waals surface area (Å²) in [5.74, 6) is 8.42. The van der Waals surface area contributed by atoms with Crippen LogP contribution in [0.2, 0.25) is 0 Å². The molecule has 2 aliphatic carbocycles. The first-order valence-electron chi connectivity index (χ1n) is 12.8. The summed E-state index contributed by atoms with van der Waals surface area (Å²) in [5.41, 5.74) is 3.19.